The first-order chi connectivity index (χ1) is 14.1. The van der Waals surface area contributed by atoms with E-state index in [0.717, 1.165) is 23.0 Å². The maximum Gasteiger partial charge on any atom is 0.275 e. The molecule has 0 saturated heterocycles. The van der Waals surface area contributed by atoms with E-state index in [-0.39, 0.29) is 11.3 Å². The molecule has 0 unspecified atom stereocenters. The summed E-state index contributed by atoms with van der Waals surface area (Å²) in [4.78, 5) is 12.3. The van der Waals surface area contributed by atoms with Gasteiger partial charge in [-0.2, -0.15) is 5.10 Å². The minimum Gasteiger partial charge on any atom is -0.507 e. The number of carbonyl (C=O) groups excluding carboxylic acids is 1. The summed E-state index contributed by atoms with van der Waals surface area (Å²) in [5.74, 6) is -0.576. The van der Waals surface area contributed by atoms with Crippen LogP contribution in [0.15, 0.2) is 88.6 Å². The lowest BCUT2D eigenvalue weighted by atomic mass is 10.2. The molecule has 1 amide bonds. The number of hydrogen-bond donors (Lipinski definition) is 2. The average molecular weight is 448 g/mol. The number of nitrogens with zero attached hydrogens (tertiary/aromatic N) is 2. The normalized spacial score (nSPS) is 11.2. The first kappa shape index (κ1) is 19.0. The predicted octanol–water partition coefficient (Wildman–Crippen LogP) is 4.92. The number of halogens is 1. The van der Waals surface area contributed by atoms with Gasteiger partial charge in [-0.25, -0.2) is 5.43 Å². The molecule has 144 valence electrons. The molecule has 0 atom stereocenters. The number of carbonyl (C=O) groups is 1. The third-order valence-electron chi connectivity index (χ3n) is 4.59. The first-order valence-corrected chi connectivity index (χ1v) is 9.85. The number of fused-ring (bicyclic) bond motifs is 1. The summed E-state index contributed by atoms with van der Waals surface area (Å²) in [5.41, 5.74) is 5.83. The number of phenolic OH excluding ortho intramolecular Hbond substituents is 1. The molecule has 4 aromatic rings. The van der Waals surface area contributed by atoms with Gasteiger partial charge in [-0.3, -0.25) is 4.79 Å². The van der Waals surface area contributed by atoms with Crippen molar-refractivity contribution < 1.29 is 9.90 Å². The molecule has 0 saturated carbocycles. The maximum atomic E-state index is 12.3. The largest absolute Gasteiger partial charge is 0.507 e. The van der Waals surface area contributed by atoms with Gasteiger partial charge in [0.1, 0.15) is 5.75 Å². The Morgan fingerprint density at radius 3 is 2.66 bits per heavy atom. The molecule has 0 spiro atoms. The van der Waals surface area contributed by atoms with E-state index < -0.39 is 5.91 Å². The highest BCUT2D eigenvalue weighted by atomic mass is 79.9. The van der Waals surface area contributed by atoms with Crippen molar-refractivity contribution in [3.63, 3.8) is 0 Å². The van der Waals surface area contributed by atoms with Gasteiger partial charge in [0.05, 0.1) is 11.8 Å². The molecule has 29 heavy (non-hydrogen) atoms. The van der Waals surface area contributed by atoms with Crippen LogP contribution in [0.3, 0.4) is 0 Å². The molecule has 5 nitrogen and oxygen atoms in total. The summed E-state index contributed by atoms with van der Waals surface area (Å²) in [5, 5.41) is 15.0. The van der Waals surface area contributed by atoms with Gasteiger partial charge < -0.3 is 9.67 Å². The number of benzene rings is 3. The van der Waals surface area contributed by atoms with Gasteiger partial charge in [-0.15, -0.1) is 0 Å². The van der Waals surface area contributed by atoms with Crippen molar-refractivity contribution in [2.24, 2.45) is 5.10 Å². The van der Waals surface area contributed by atoms with Crippen LogP contribution >= 0.6 is 15.9 Å². The molecule has 0 aliphatic rings. The summed E-state index contributed by atoms with van der Waals surface area (Å²) < 4.78 is 2.86. The summed E-state index contributed by atoms with van der Waals surface area (Å²) in [6.45, 7) is 0.744. The highest BCUT2D eigenvalue weighted by Crippen LogP contribution is 2.22. The Morgan fingerprint density at radius 1 is 1.07 bits per heavy atom. The standard InChI is InChI=1S/C23H18BrN3O2/c24-18-10-11-22(28)20(12-18)23(29)26-25-13-17-15-27(14-16-6-2-1-3-7-16)21-9-5-4-8-19(17)21/h1-13,15,28H,14H2,(H,26,29)/b25-13-. The molecular formula is C23H18BrN3O2. The van der Waals surface area contributed by atoms with Gasteiger partial charge in [-0.1, -0.05) is 64.5 Å². The number of aromatic hydroxyl groups is 1. The Hall–Kier alpha value is -3.38. The van der Waals surface area contributed by atoms with E-state index in [4.69, 9.17) is 0 Å². The second-order valence-corrected chi connectivity index (χ2v) is 7.49. The summed E-state index contributed by atoms with van der Waals surface area (Å²) >= 11 is 3.29. The fourth-order valence-electron chi connectivity index (χ4n) is 3.20. The van der Waals surface area contributed by atoms with E-state index in [1.54, 1.807) is 18.3 Å². The number of hydrazone groups is 1. The summed E-state index contributed by atoms with van der Waals surface area (Å²) in [7, 11) is 0. The molecule has 2 N–H and O–H groups in total. The first-order valence-electron chi connectivity index (χ1n) is 9.05. The smallest absolute Gasteiger partial charge is 0.275 e. The molecule has 4 rings (SSSR count). The molecule has 0 fully saturated rings. The van der Waals surface area contributed by atoms with Crippen LogP contribution in [-0.2, 0) is 6.54 Å². The topological polar surface area (TPSA) is 66.6 Å². The molecular weight excluding hydrogens is 430 g/mol. The maximum absolute atomic E-state index is 12.3. The van der Waals surface area contributed by atoms with Gasteiger partial charge in [0, 0.05) is 33.7 Å². The van der Waals surface area contributed by atoms with Crippen LogP contribution in [0.2, 0.25) is 0 Å². The van der Waals surface area contributed by atoms with E-state index in [1.807, 2.05) is 42.6 Å². The molecule has 1 heterocycles. The van der Waals surface area contributed by atoms with Crippen LogP contribution in [0.1, 0.15) is 21.5 Å². The Labute approximate surface area is 176 Å². The molecule has 0 radical (unpaired) electrons. The number of rotatable bonds is 5. The Balaban J connectivity index is 1.58. The molecule has 0 aliphatic carbocycles. The van der Waals surface area contributed by atoms with Gasteiger partial charge in [0.15, 0.2) is 0 Å². The number of nitrogens with one attached hydrogen (secondary N) is 1. The third-order valence-corrected chi connectivity index (χ3v) is 5.08. The quantitative estimate of drug-likeness (QED) is 0.336. The van der Waals surface area contributed by atoms with Crippen LogP contribution in [0, 0.1) is 0 Å². The molecule has 6 heteroatoms. The predicted molar refractivity (Wildman–Crippen MR) is 118 cm³/mol. The highest BCUT2D eigenvalue weighted by molar-refractivity contribution is 9.10. The Bertz CT molecular complexity index is 1200. The van der Waals surface area contributed by atoms with Crippen LogP contribution in [0.5, 0.6) is 5.75 Å². The van der Waals surface area contributed by atoms with Gasteiger partial charge >= 0.3 is 0 Å². The van der Waals surface area contributed by atoms with Crippen molar-refractivity contribution in [1.82, 2.24) is 9.99 Å². The van der Waals surface area contributed by atoms with Crippen molar-refractivity contribution >= 4 is 39.0 Å². The molecule has 3 aromatic carbocycles. The fourth-order valence-corrected chi connectivity index (χ4v) is 3.56. The van der Waals surface area contributed by atoms with Crippen molar-refractivity contribution in [3.05, 3.63) is 100 Å². The van der Waals surface area contributed by atoms with Crippen LogP contribution < -0.4 is 5.43 Å². The van der Waals surface area contributed by atoms with Gasteiger partial charge in [-0.05, 0) is 29.8 Å². The summed E-state index contributed by atoms with van der Waals surface area (Å²) in [6.07, 6.45) is 3.64. The average Bonchev–Trinajstić information content (AvgIpc) is 3.08. The van der Waals surface area contributed by atoms with Crippen molar-refractivity contribution in [3.8, 4) is 5.75 Å². The van der Waals surface area contributed by atoms with E-state index in [1.165, 1.54) is 11.6 Å². The zero-order valence-corrected chi connectivity index (χ0v) is 17.0. The van der Waals surface area contributed by atoms with E-state index >= 15 is 0 Å². The highest BCUT2D eigenvalue weighted by Gasteiger charge is 2.11. The number of amides is 1. The van der Waals surface area contributed by atoms with Gasteiger partial charge in [0.2, 0.25) is 0 Å². The number of phenols is 1. The number of aromatic nitrogens is 1. The van der Waals surface area contributed by atoms with E-state index in [0.29, 0.717) is 4.47 Å². The van der Waals surface area contributed by atoms with Crippen LogP contribution in [0.25, 0.3) is 10.9 Å². The lowest BCUT2D eigenvalue weighted by Crippen LogP contribution is -2.17. The molecule has 0 aliphatic heterocycles. The lowest BCUT2D eigenvalue weighted by Gasteiger charge is -2.05. The van der Waals surface area contributed by atoms with E-state index in [2.05, 4.69) is 49.2 Å². The lowest BCUT2D eigenvalue weighted by molar-refractivity contribution is 0.0952. The molecule has 0 bridgehead atoms. The number of hydrogen-bond acceptors (Lipinski definition) is 3. The minimum absolute atomic E-state index is 0.0969. The fraction of sp³-hybridized carbons (Fsp3) is 0.0435. The Morgan fingerprint density at radius 2 is 1.83 bits per heavy atom. The van der Waals surface area contributed by atoms with Crippen molar-refractivity contribution in [2.45, 2.75) is 6.54 Å². The second kappa shape index (κ2) is 8.32. The van der Waals surface area contributed by atoms with Crippen molar-refractivity contribution in [2.75, 3.05) is 0 Å². The molecule has 1 aromatic heterocycles. The van der Waals surface area contributed by atoms with Crippen molar-refractivity contribution in [1.29, 1.82) is 0 Å². The second-order valence-electron chi connectivity index (χ2n) is 6.58. The third kappa shape index (κ3) is 4.22. The summed E-state index contributed by atoms with van der Waals surface area (Å²) in [6, 6.07) is 23.0. The zero-order chi connectivity index (χ0) is 20.2. The van der Waals surface area contributed by atoms with Crippen LogP contribution in [-0.4, -0.2) is 21.8 Å². The minimum atomic E-state index is -0.479. The SMILES string of the molecule is O=C(N/N=C\c1cn(Cc2ccccc2)c2ccccc12)c1cc(Br)ccc1O. The number of para-hydroxylation sites is 1. The zero-order valence-electron chi connectivity index (χ0n) is 15.4. The van der Waals surface area contributed by atoms with Crippen LogP contribution in [0.4, 0.5) is 0 Å². The monoisotopic (exact) mass is 447 g/mol. The van der Waals surface area contributed by atoms with E-state index in [9.17, 15) is 9.90 Å². The Kier molecular flexibility index (Phi) is 5.44. The van der Waals surface area contributed by atoms with Gasteiger partial charge in [0.25, 0.3) is 5.91 Å².